The molecule has 0 aliphatic heterocycles. The molecule has 1 aromatic rings. The molecule has 1 N–H and O–H groups in total. The van der Waals surface area contributed by atoms with Gasteiger partial charge in [0.15, 0.2) is 0 Å². The number of unbranched alkanes of at least 4 members (excludes halogenated alkanes) is 3. The van der Waals surface area contributed by atoms with E-state index in [1.807, 2.05) is 30.3 Å². The van der Waals surface area contributed by atoms with Crippen LogP contribution in [0.15, 0.2) is 30.3 Å². The van der Waals surface area contributed by atoms with Gasteiger partial charge in [-0.15, -0.1) is 10.2 Å². The van der Waals surface area contributed by atoms with E-state index in [1.165, 1.54) is 83.5 Å². The van der Waals surface area contributed by atoms with Crippen molar-refractivity contribution in [3.05, 3.63) is 49.2 Å². The molecule has 31 heavy (non-hydrogen) atoms. The standard InChI is InChI=1S/C8H9O.C6H13.2C5H10.ClHO4.Zr/c9-7-6-8-4-2-1-3-5-8;1-3-5-6-4-2;2*1-2-4-5-3-1;2-1(3,4)5;/h1-6,9H,7H2;1,3-6H2,2H3;2*1-5H2;(H,2,3,4,5);/q+1;-1;;;;/p-1. The van der Waals surface area contributed by atoms with Crippen molar-refractivity contribution < 1.29 is 60.2 Å². The van der Waals surface area contributed by atoms with Gasteiger partial charge in [-0.2, -0.15) is 6.42 Å². The molecule has 0 amide bonds. The zero-order valence-electron chi connectivity index (χ0n) is 19.2. The SMILES string of the molecule is C1CCCC1.C1CCCC1.OC[CH+]c1ccccc1.[CH2-]CCCCC.[O-][Cl+3]([O-])([O-])[O-].[Zr]. The Morgan fingerprint density at radius 3 is 1.39 bits per heavy atom. The Hall–Kier alpha value is 0.0631. The number of rotatable bonds is 5. The minimum atomic E-state index is -4.94. The summed E-state index contributed by atoms with van der Waals surface area (Å²) in [7, 11) is -4.94. The third kappa shape index (κ3) is 40.9. The van der Waals surface area contributed by atoms with Crippen LogP contribution in [0.1, 0.15) is 102 Å². The Bertz CT molecular complexity index is 387. The first-order valence-electron chi connectivity index (χ1n) is 11.2. The van der Waals surface area contributed by atoms with Gasteiger partial charge < -0.3 is 12.0 Å². The maximum Gasteiger partial charge on any atom is 0.132 e. The summed E-state index contributed by atoms with van der Waals surface area (Å²) in [4.78, 5) is 0. The number of hydrogen-bond acceptors (Lipinski definition) is 5. The van der Waals surface area contributed by atoms with Crippen LogP contribution < -0.4 is 18.6 Å². The second-order valence-electron chi connectivity index (χ2n) is 7.27. The Labute approximate surface area is 212 Å². The number of aliphatic hydroxyl groups excluding tert-OH is 1. The van der Waals surface area contributed by atoms with Crippen LogP contribution >= 0.6 is 0 Å². The molecule has 0 atom stereocenters. The third-order valence-corrected chi connectivity index (χ3v) is 4.48. The molecule has 2 aliphatic carbocycles. The molecule has 0 spiro atoms. The van der Waals surface area contributed by atoms with Gasteiger partial charge in [-0.3, -0.25) is 0 Å². The van der Waals surface area contributed by atoms with Crippen LogP contribution in [0.2, 0.25) is 0 Å². The average Bonchev–Trinajstić information content (AvgIpc) is 3.46. The minimum Gasteiger partial charge on any atom is -0.379 e. The summed E-state index contributed by atoms with van der Waals surface area (Å²) in [6.45, 7) is 6.04. The molecule has 1 aromatic carbocycles. The molecule has 2 aliphatic rings. The topological polar surface area (TPSA) is 112 Å². The molecular formula is C24H42ClO5Zr-. The zero-order chi connectivity index (χ0) is 22.9. The van der Waals surface area contributed by atoms with Gasteiger partial charge in [0.25, 0.3) is 0 Å². The van der Waals surface area contributed by atoms with E-state index >= 15 is 0 Å². The van der Waals surface area contributed by atoms with Crippen LogP contribution in [-0.4, -0.2) is 11.7 Å². The molecular weight excluding hydrogens is 495 g/mol. The van der Waals surface area contributed by atoms with Gasteiger partial charge in [0, 0.05) is 44.8 Å². The van der Waals surface area contributed by atoms with Gasteiger partial charge in [0.1, 0.15) is 12.2 Å². The van der Waals surface area contributed by atoms with Crippen molar-refractivity contribution >= 4 is 0 Å². The molecule has 0 aromatic heterocycles. The number of benzene rings is 1. The maximum absolute atomic E-state index is 8.49. The fraction of sp³-hybridized carbons (Fsp3) is 0.667. The fourth-order valence-corrected chi connectivity index (χ4v) is 2.89. The van der Waals surface area contributed by atoms with E-state index < -0.39 is 10.2 Å². The van der Waals surface area contributed by atoms with E-state index in [2.05, 4.69) is 13.8 Å². The van der Waals surface area contributed by atoms with E-state index in [-0.39, 0.29) is 32.8 Å². The van der Waals surface area contributed by atoms with Gasteiger partial charge in [-0.25, -0.2) is 18.6 Å². The largest absolute Gasteiger partial charge is 0.379 e. The Kier molecular flexibility index (Phi) is 32.3. The quantitative estimate of drug-likeness (QED) is 0.459. The molecule has 0 heterocycles. The van der Waals surface area contributed by atoms with Crippen molar-refractivity contribution in [1.82, 2.24) is 0 Å². The summed E-state index contributed by atoms with van der Waals surface area (Å²) >= 11 is 0. The summed E-state index contributed by atoms with van der Waals surface area (Å²) in [6, 6.07) is 9.75. The first kappa shape index (κ1) is 35.6. The van der Waals surface area contributed by atoms with Crippen molar-refractivity contribution in [2.45, 2.75) is 96.8 Å². The normalized spacial score (nSPS) is 14.0. The summed E-state index contributed by atoms with van der Waals surface area (Å²) in [5, 5.41) is 8.46. The molecule has 0 saturated heterocycles. The predicted molar refractivity (Wildman–Crippen MR) is 113 cm³/mol. The second kappa shape index (κ2) is 28.1. The van der Waals surface area contributed by atoms with Crippen LogP contribution in [0.25, 0.3) is 0 Å². The molecule has 2 saturated carbocycles. The monoisotopic (exact) mass is 535 g/mol. The summed E-state index contributed by atoms with van der Waals surface area (Å²) in [5.41, 5.74) is 1.07. The van der Waals surface area contributed by atoms with Gasteiger partial charge in [-0.05, 0) is 18.2 Å². The van der Waals surface area contributed by atoms with Crippen molar-refractivity contribution in [3.8, 4) is 0 Å². The zero-order valence-corrected chi connectivity index (χ0v) is 22.4. The molecule has 3 rings (SSSR count). The molecule has 0 radical (unpaired) electrons. The number of aliphatic hydroxyl groups is 1. The first-order chi connectivity index (χ1) is 14.3. The van der Waals surface area contributed by atoms with E-state index in [0.717, 1.165) is 12.0 Å². The van der Waals surface area contributed by atoms with Crippen LogP contribution in [0.3, 0.4) is 0 Å². The van der Waals surface area contributed by atoms with Gasteiger partial charge in [0.05, 0.1) is 0 Å². The molecule has 5 nitrogen and oxygen atoms in total. The Balaban J connectivity index is -0.000000321. The van der Waals surface area contributed by atoms with E-state index in [0.29, 0.717) is 0 Å². The summed E-state index contributed by atoms with van der Waals surface area (Å²) in [5.74, 6) is 0. The molecule has 180 valence electrons. The van der Waals surface area contributed by atoms with Crippen molar-refractivity contribution in [2.24, 2.45) is 0 Å². The molecule has 0 unspecified atom stereocenters. The van der Waals surface area contributed by atoms with Gasteiger partial charge in [-0.1, -0.05) is 90.4 Å². The predicted octanol–water partition coefficient (Wildman–Crippen LogP) is 2.77. The van der Waals surface area contributed by atoms with Crippen LogP contribution in [0.4, 0.5) is 0 Å². The van der Waals surface area contributed by atoms with Crippen molar-refractivity contribution in [3.63, 3.8) is 0 Å². The molecule has 0 bridgehead atoms. The van der Waals surface area contributed by atoms with Crippen LogP contribution in [0.5, 0.6) is 0 Å². The van der Waals surface area contributed by atoms with Crippen LogP contribution in [0, 0.1) is 23.6 Å². The third-order valence-electron chi connectivity index (χ3n) is 4.48. The Morgan fingerprint density at radius 2 is 1.16 bits per heavy atom. The first-order valence-corrected chi connectivity index (χ1v) is 12.5. The average molecular weight is 537 g/mol. The summed E-state index contributed by atoms with van der Waals surface area (Å²) < 4.78 is 34.0. The minimum absolute atomic E-state index is 0. The molecule has 2 fully saturated rings. The van der Waals surface area contributed by atoms with Gasteiger partial charge >= 0.3 is 0 Å². The molecule has 7 heteroatoms. The van der Waals surface area contributed by atoms with Gasteiger partial charge in [0.2, 0.25) is 0 Å². The van der Waals surface area contributed by atoms with E-state index in [4.69, 9.17) is 23.7 Å². The van der Waals surface area contributed by atoms with Crippen molar-refractivity contribution in [1.29, 1.82) is 0 Å². The van der Waals surface area contributed by atoms with Crippen LogP contribution in [-0.2, 0) is 26.2 Å². The summed E-state index contributed by atoms with van der Waals surface area (Å²) in [6.07, 6.45) is 21.8. The van der Waals surface area contributed by atoms with Crippen molar-refractivity contribution in [2.75, 3.05) is 6.61 Å². The van der Waals surface area contributed by atoms with E-state index in [9.17, 15) is 0 Å². The number of halogens is 1. The van der Waals surface area contributed by atoms with E-state index in [1.54, 1.807) is 6.42 Å². The Morgan fingerprint density at radius 1 is 0.806 bits per heavy atom. The number of hydrogen-bond donors (Lipinski definition) is 1. The smallest absolute Gasteiger partial charge is 0.132 e. The second-order valence-corrected chi connectivity index (χ2v) is 8.03. The maximum atomic E-state index is 8.49. The fourth-order valence-electron chi connectivity index (χ4n) is 2.89.